The lowest BCUT2D eigenvalue weighted by molar-refractivity contribution is 0.0951. The monoisotopic (exact) mass is 435 g/mol. The van der Waals surface area contributed by atoms with Crippen molar-refractivity contribution in [2.75, 3.05) is 30.9 Å². The summed E-state index contributed by atoms with van der Waals surface area (Å²) in [4.78, 5) is 14.8. The van der Waals surface area contributed by atoms with E-state index in [4.69, 9.17) is 11.6 Å². The van der Waals surface area contributed by atoms with Crippen LogP contribution in [0.4, 0.5) is 5.69 Å². The van der Waals surface area contributed by atoms with Crippen molar-refractivity contribution < 1.29 is 13.2 Å². The van der Waals surface area contributed by atoms with Crippen LogP contribution < -0.4 is 10.0 Å². The molecular formula is C21H26ClN3O3S. The maximum Gasteiger partial charge on any atom is 0.263 e. The molecule has 1 saturated heterocycles. The van der Waals surface area contributed by atoms with E-state index in [9.17, 15) is 13.2 Å². The van der Waals surface area contributed by atoms with Gasteiger partial charge in [0.05, 0.1) is 5.02 Å². The summed E-state index contributed by atoms with van der Waals surface area (Å²) in [6, 6.07) is 12.8. The summed E-state index contributed by atoms with van der Waals surface area (Å²) in [5, 5.41) is 2.93. The number of para-hydroxylation sites is 1. The smallest absolute Gasteiger partial charge is 0.263 e. The number of rotatable bonds is 8. The largest absolute Gasteiger partial charge is 0.352 e. The van der Waals surface area contributed by atoms with Crippen molar-refractivity contribution in [2.45, 2.75) is 30.6 Å². The molecule has 0 saturated carbocycles. The van der Waals surface area contributed by atoms with Gasteiger partial charge in [-0.15, -0.1) is 0 Å². The Labute approximate surface area is 177 Å². The van der Waals surface area contributed by atoms with Gasteiger partial charge in [-0.2, -0.15) is 0 Å². The number of nitrogens with zero attached hydrogens (tertiary/aromatic N) is 1. The van der Waals surface area contributed by atoms with Crippen LogP contribution in [0.1, 0.15) is 36.0 Å². The van der Waals surface area contributed by atoms with Gasteiger partial charge in [-0.05, 0) is 69.2 Å². The van der Waals surface area contributed by atoms with E-state index in [1.54, 1.807) is 30.3 Å². The predicted molar refractivity (Wildman–Crippen MR) is 116 cm³/mol. The summed E-state index contributed by atoms with van der Waals surface area (Å²) in [6.07, 6.45) is 4.64. The molecule has 1 fully saturated rings. The molecule has 1 amide bonds. The Morgan fingerprint density at radius 3 is 2.48 bits per heavy atom. The normalized spacial score (nSPS) is 15.1. The summed E-state index contributed by atoms with van der Waals surface area (Å²) in [5.74, 6) is -0.309. The van der Waals surface area contributed by atoms with Gasteiger partial charge in [-0.3, -0.25) is 9.52 Å². The summed E-state index contributed by atoms with van der Waals surface area (Å²) >= 11 is 6.11. The molecule has 0 spiro atoms. The fourth-order valence-electron chi connectivity index (χ4n) is 3.36. The molecule has 1 aliphatic rings. The molecule has 0 unspecified atom stereocenters. The van der Waals surface area contributed by atoms with Gasteiger partial charge < -0.3 is 10.2 Å². The van der Waals surface area contributed by atoms with E-state index in [2.05, 4.69) is 14.9 Å². The highest BCUT2D eigenvalue weighted by molar-refractivity contribution is 7.92. The second kappa shape index (κ2) is 10.1. The zero-order chi connectivity index (χ0) is 20.7. The molecular weight excluding hydrogens is 410 g/mol. The first-order chi connectivity index (χ1) is 14.0. The van der Waals surface area contributed by atoms with Crippen LogP contribution in [0.5, 0.6) is 0 Å². The van der Waals surface area contributed by atoms with Gasteiger partial charge >= 0.3 is 0 Å². The molecule has 0 radical (unpaired) electrons. The first kappa shape index (κ1) is 21.6. The van der Waals surface area contributed by atoms with E-state index < -0.39 is 10.0 Å². The summed E-state index contributed by atoms with van der Waals surface area (Å²) < 4.78 is 27.9. The Kier molecular flexibility index (Phi) is 7.52. The van der Waals surface area contributed by atoms with Crippen LogP contribution in [0.15, 0.2) is 53.4 Å². The minimum absolute atomic E-state index is 0.0649. The van der Waals surface area contributed by atoms with Crippen molar-refractivity contribution in [1.29, 1.82) is 0 Å². The van der Waals surface area contributed by atoms with E-state index in [0.717, 1.165) is 26.1 Å². The first-order valence-electron chi connectivity index (χ1n) is 9.84. The third kappa shape index (κ3) is 6.19. The number of anilines is 1. The van der Waals surface area contributed by atoms with Gasteiger partial charge in [-0.25, -0.2) is 8.42 Å². The topological polar surface area (TPSA) is 78.5 Å². The highest BCUT2D eigenvalue weighted by atomic mass is 35.5. The Morgan fingerprint density at radius 2 is 1.76 bits per heavy atom. The lowest BCUT2D eigenvalue weighted by Crippen LogP contribution is -2.33. The number of halogens is 1. The van der Waals surface area contributed by atoms with E-state index in [1.165, 1.54) is 37.5 Å². The third-order valence-corrected chi connectivity index (χ3v) is 6.76. The third-order valence-electron chi connectivity index (χ3n) is 4.89. The Morgan fingerprint density at radius 1 is 1.03 bits per heavy atom. The molecule has 2 aromatic rings. The molecule has 156 valence electrons. The number of carbonyl (C=O) groups is 1. The molecule has 0 aromatic heterocycles. The summed E-state index contributed by atoms with van der Waals surface area (Å²) in [7, 11) is -3.91. The van der Waals surface area contributed by atoms with E-state index in [-0.39, 0.29) is 21.4 Å². The standard InChI is InChI=1S/C21H26ClN3O3S/c22-19-11-10-17(21(26)23-12-7-15-25-13-5-2-6-14-25)16-20(19)29(27,28)24-18-8-3-1-4-9-18/h1,3-4,8-11,16,24H,2,5-7,12-15H2,(H,23,26). The average Bonchev–Trinajstić information content (AvgIpc) is 2.72. The molecule has 0 atom stereocenters. The van der Waals surface area contributed by atoms with Crippen LogP contribution >= 0.6 is 11.6 Å². The fraction of sp³-hybridized carbons (Fsp3) is 0.381. The Balaban J connectivity index is 1.60. The first-order valence-corrected chi connectivity index (χ1v) is 11.7. The van der Waals surface area contributed by atoms with Gasteiger partial charge in [0.2, 0.25) is 0 Å². The molecule has 1 heterocycles. The minimum Gasteiger partial charge on any atom is -0.352 e. The number of carbonyl (C=O) groups excluding carboxylic acids is 1. The number of likely N-dealkylation sites (tertiary alicyclic amines) is 1. The number of hydrogen-bond acceptors (Lipinski definition) is 4. The number of piperidine rings is 1. The molecule has 0 bridgehead atoms. The number of hydrogen-bond donors (Lipinski definition) is 2. The van der Waals surface area contributed by atoms with Crippen molar-refractivity contribution in [3.05, 3.63) is 59.1 Å². The van der Waals surface area contributed by atoms with Crippen molar-refractivity contribution >= 4 is 33.2 Å². The lowest BCUT2D eigenvalue weighted by Gasteiger charge is -2.26. The van der Waals surface area contributed by atoms with Gasteiger partial charge in [0.15, 0.2) is 0 Å². The van der Waals surface area contributed by atoms with Gasteiger partial charge in [0.1, 0.15) is 4.90 Å². The SMILES string of the molecule is O=C(NCCCN1CCCCC1)c1ccc(Cl)c(S(=O)(=O)Nc2ccccc2)c1. The van der Waals surface area contributed by atoms with Crippen molar-refractivity contribution in [2.24, 2.45) is 0 Å². The lowest BCUT2D eigenvalue weighted by atomic mass is 10.1. The van der Waals surface area contributed by atoms with Crippen LogP contribution in [0.3, 0.4) is 0 Å². The van der Waals surface area contributed by atoms with E-state index in [1.807, 2.05) is 0 Å². The quantitative estimate of drug-likeness (QED) is 0.619. The number of benzene rings is 2. The molecule has 8 heteroatoms. The summed E-state index contributed by atoms with van der Waals surface area (Å²) in [6.45, 7) is 3.76. The minimum atomic E-state index is -3.91. The van der Waals surface area contributed by atoms with Crippen molar-refractivity contribution in [3.63, 3.8) is 0 Å². The summed E-state index contributed by atoms with van der Waals surface area (Å²) in [5.41, 5.74) is 0.692. The molecule has 1 aliphatic heterocycles. The van der Waals surface area contributed by atoms with E-state index >= 15 is 0 Å². The molecule has 29 heavy (non-hydrogen) atoms. The Hall–Kier alpha value is -2.09. The van der Waals surface area contributed by atoms with E-state index in [0.29, 0.717) is 12.2 Å². The second-order valence-electron chi connectivity index (χ2n) is 7.13. The molecule has 2 aromatic carbocycles. The van der Waals surface area contributed by atoms with Crippen LogP contribution in [0.2, 0.25) is 5.02 Å². The zero-order valence-electron chi connectivity index (χ0n) is 16.2. The van der Waals surface area contributed by atoms with Crippen molar-refractivity contribution in [3.8, 4) is 0 Å². The maximum atomic E-state index is 12.7. The molecule has 0 aliphatic carbocycles. The molecule has 6 nitrogen and oxygen atoms in total. The number of sulfonamides is 1. The average molecular weight is 436 g/mol. The molecule has 2 N–H and O–H groups in total. The van der Waals surface area contributed by atoms with Gasteiger partial charge in [0, 0.05) is 17.8 Å². The predicted octanol–water partition coefficient (Wildman–Crippen LogP) is 3.75. The van der Waals surface area contributed by atoms with Crippen LogP contribution in [-0.2, 0) is 10.0 Å². The van der Waals surface area contributed by atoms with Crippen LogP contribution in [-0.4, -0.2) is 45.4 Å². The fourth-order valence-corrected chi connectivity index (χ4v) is 4.94. The number of nitrogens with one attached hydrogen (secondary N) is 2. The second-order valence-corrected chi connectivity index (χ2v) is 9.19. The van der Waals surface area contributed by atoms with Gasteiger partial charge in [0.25, 0.3) is 15.9 Å². The zero-order valence-corrected chi connectivity index (χ0v) is 17.8. The van der Waals surface area contributed by atoms with Crippen LogP contribution in [0, 0.1) is 0 Å². The highest BCUT2D eigenvalue weighted by Crippen LogP contribution is 2.25. The maximum absolute atomic E-state index is 12.7. The Bertz CT molecular complexity index is 929. The molecule has 3 rings (SSSR count). The highest BCUT2D eigenvalue weighted by Gasteiger charge is 2.20. The van der Waals surface area contributed by atoms with Gasteiger partial charge in [-0.1, -0.05) is 36.2 Å². The number of amides is 1. The van der Waals surface area contributed by atoms with Crippen LogP contribution in [0.25, 0.3) is 0 Å². The van der Waals surface area contributed by atoms with Crippen molar-refractivity contribution in [1.82, 2.24) is 10.2 Å².